The first-order chi connectivity index (χ1) is 8.50. The van der Waals surface area contributed by atoms with Gasteiger partial charge in [0.2, 0.25) is 0 Å². The van der Waals surface area contributed by atoms with Gasteiger partial charge < -0.3 is 14.8 Å². The summed E-state index contributed by atoms with van der Waals surface area (Å²) in [7, 11) is 1.65. The van der Waals surface area contributed by atoms with Crippen molar-refractivity contribution < 1.29 is 9.47 Å². The van der Waals surface area contributed by atoms with Gasteiger partial charge in [-0.05, 0) is 43.7 Å². The molecular formula is C14H17NO2S. The van der Waals surface area contributed by atoms with Crippen molar-refractivity contribution in [1.29, 1.82) is 0 Å². The molecule has 3 nitrogen and oxygen atoms in total. The van der Waals surface area contributed by atoms with Crippen LogP contribution in [0.1, 0.15) is 19.4 Å². The molecule has 0 aromatic heterocycles. The summed E-state index contributed by atoms with van der Waals surface area (Å²) in [5.74, 6) is 1.56. The van der Waals surface area contributed by atoms with Crippen LogP contribution in [0.4, 0.5) is 0 Å². The molecule has 1 aromatic carbocycles. The molecule has 0 bridgehead atoms. The van der Waals surface area contributed by atoms with E-state index in [0.29, 0.717) is 6.61 Å². The number of nitrogens with one attached hydrogen (secondary N) is 1. The third kappa shape index (κ3) is 3.01. The van der Waals surface area contributed by atoms with Crippen molar-refractivity contribution in [3.8, 4) is 5.75 Å². The van der Waals surface area contributed by atoms with Crippen LogP contribution >= 0.6 is 12.2 Å². The lowest BCUT2D eigenvalue weighted by molar-refractivity contribution is 0.237. The molecule has 0 atom stereocenters. The predicted molar refractivity (Wildman–Crippen MR) is 75.9 cm³/mol. The van der Waals surface area contributed by atoms with Crippen LogP contribution < -0.4 is 10.1 Å². The van der Waals surface area contributed by atoms with Crippen molar-refractivity contribution >= 4 is 17.1 Å². The van der Waals surface area contributed by atoms with Gasteiger partial charge in [0.25, 0.3) is 0 Å². The zero-order valence-corrected chi connectivity index (χ0v) is 11.6. The Morgan fingerprint density at radius 3 is 2.56 bits per heavy atom. The van der Waals surface area contributed by atoms with Crippen LogP contribution in [-0.2, 0) is 4.74 Å². The van der Waals surface area contributed by atoms with E-state index in [1.54, 1.807) is 7.11 Å². The van der Waals surface area contributed by atoms with Crippen molar-refractivity contribution in [2.24, 2.45) is 0 Å². The average Bonchev–Trinajstić information content (AvgIpc) is 2.68. The first kappa shape index (κ1) is 12.9. The zero-order valence-electron chi connectivity index (χ0n) is 10.8. The van der Waals surface area contributed by atoms with Gasteiger partial charge in [-0.1, -0.05) is 12.2 Å². The average molecular weight is 263 g/mol. The highest BCUT2D eigenvalue weighted by Crippen LogP contribution is 2.18. The van der Waals surface area contributed by atoms with Gasteiger partial charge in [-0.2, -0.15) is 0 Å². The molecule has 1 saturated heterocycles. The van der Waals surface area contributed by atoms with Crippen molar-refractivity contribution in [3.05, 3.63) is 41.8 Å². The summed E-state index contributed by atoms with van der Waals surface area (Å²) in [6, 6.07) is 7.68. The maximum Gasteiger partial charge on any atom is 0.188 e. The van der Waals surface area contributed by atoms with E-state index in [4.69, 9.17) is 21.7 Å². The number of rotatable bonds is 3. The van der Waals surface area contributed by atoms with E-state index >= 15 is 0 Å². The fourth-order valence-corrected chi connectivity index (χ4v) is 1.94. The number of methoxy groups -OCH3 is 1. The fourth-order valence-electron chi connectivity index (χ4n) is 1.70. The standard InChI is InChI=1S/C14H17NO2S/c1-14(2)9-17-13(15-14)8-12(18)10-4-6-11(16-3)7-5-10/h4-8,15H,9H2,1-3H3/b13-8+. The summed E-state index contributed by atoms with van der Waals surface area (Å²) >= 11 is 5.37. The second kappa shape index (κ2) is 4.98. The first-order valence-corrected chi connectivity index (χ1v) is 6.22. The molecule has 1 N–H and O–H groups in total. The van der Waals surface area contributed by atoms with E-state index in [0.717, 1.165) is 22.1 Å². The lowest BCUT2D eigenvalue weighted by Gasteiger charge is -2.13. The topological polar surface area (TPSA) is 30.5 Å². The monoisotopic (exact) mass is 263 g/mol. The number of hydrogen-bond donors (Lipinski definition) is 1. The van der Waals surface area contributed by atoms with Crippen LogP contribution in [0, 0.1) is 0 Å². The highest BCUT2D eigenvalue weighted by atomic mass is 32.1. The number of thiocarbonyl (C=S) groups is 1. The molecule has 0 radical (unpaired) electrons. The molecule has 0 saturated carbocycles. The largest absolute Gasteiger partial charge is 0.497 e. The van der Waals surface area contributed by atoms with Crippen LogP contribution in [0.3, 0.4) is 0 Å². The number of allylic oxidation sites excluding steroid dienone is 1. The molecule has 0 unspecified atom stereocenters. The molecule has 4 heteroatoms. The van der Waals surface area contributed by atoms with Gasteiger partial charge in [-0.15, -0.1) is 0 Å². The molecular weight excluding hydrogens is 246 g/mol. The Kier molecular flexibility index (Phi) is 3.57. The molecule has 0 amide bonds. The summed E-state index contributed by atoms with van der Waals surface area (Å²) in [4.78, 5) is 0.748. The lowest BCUT2D eigenvalue weighted by atomic mass is 10.1. The van der Waals surface area contributed by atoms with Crippen molar-refractivity contribution in [1.82, 2.24) is 5.32 Å². The molecule has 1 fully saturated rings. The SMILES string of the molecule is COc1ccc(C(=S)/C=C2\NC(C)(C)CO2)cc1. The Hall–Kier alpha value is -1.55. The van der Waals surface area contributed by atoms with E-state index in [1.807, 2.05) is 30.3 Å². The van der Waals surface area contributed by atoms with Crippen LogP contribution in [0.25, 0.3) is 0 Å². The van der Waals surface area contributed by atoms with Gasteiger partial charge in [0.15, 0.2) is 5.88 Å². The highest BCUT2D eigenvalue weighted by molar-refractivity contribution is 7.81. The second-order valence-corrected chi connectivity index (χ2v) is 5.34. The second-order valence-electron chi connectivity index (χ2n) is 4.90. The number of benzene rings is 1. The molecule has 1 aromatic rings. The Morgan fingerprint density at radius 2 is 2.06 bits per heavy atom. The van der Waals surface area contributed by atoms with E-state index in [1.165, 1.54) is 0 Å². The Labute approximate surface area is 113 Å². The zero-order chi connectivity index (χ0) is 13.2. The molecule has 0 spiro atoms. The highest BCUT2D eigenvalue weighted by Gasteiger charge is 2.27. The third-order valence-electron chi connectivity index (χ3n) is 2.69. The number of ether oxygens (including phenoxy) is 2. The maximum atomic E-state index is 5.54. The molecule has 1 heterocycles. The van der Waals surface area contributed by atoms with E-state index in [2.05, 4.69) is 19.2 Å². The first-order valence-electron chi connectivity index (χ1n) is 5.81. The maximum absolute atomic E-state index is 5.54. The Bertz CT molecular complexity index is 477. The minimum atomic E-state index is -0.0264. The van der Waals surface area contributed by atoms with Crippen LogP contribution in [0.15, 0.2) is 36.2 Å². The molecule has 1 aliphatic heterocycles. The summed E-state index contributed by atoms with van der Waals surface area (Å²) in [6.07, 6.45) is 1.85. The molecule has 96 valence electrons. The van der Waals surface area contributed by atoms with Gasteiger partial charge in [-0.25, -0.2) is 0 Å². The van der Waals surface area contributed by atoms with Gasteiger partial charge in [0, 0.05) is 6.08 Å². The quantitative estimate of drug-likeness (QED) is 0.516. The fraction of sp³-hybridized carbons (Fsp3) is 0.357. The van der Waals surface area contributed by atoms with Crippen molar-refractivity contribution in [2.75, 3.05) is 13.7 Å². The summed E-state index contributed by atoms with van der Waals surface area (Å²) < 4.78 is 10.7. The van der Waals surface area contributed by atoms with Crippen LogP contribution in [0.2, 0.25) is 0 Å². The smallest absolute Gasteiger partial charge is 0.188 e. The van der Waals surface area contributed by atoms with E-state index in [9.17, 15) is 0 Å². The minimum absolute atomic E-state index is 0.0264. The van der Waals surface area contributed by atoms with Gasteiger partial charge in [-0.3, -0.25) is 0 Å². The van der Waals surface area contributed by atoms with Crippen molar-refractivity contribution in [2.45, 2.75) is 19.4 Å². The van der Waals surface area contributed by atoms with Gasteiger partial charge in [0.05, 0.1) is 17.5 Å². The molecule has 18 heavy (non-hydrogen) atoms. The lowest BCUT2D eigenvalue weighted by Crippen LogP contribution is -2.34. The van der Waals surface area contributed by atoms with Crippen LogP contribution in [-0.4, -0.2) is 24.1 Å². The molecule has 2 rings (SSSR count). The van der Waals surface area contributed by atoms with Crippen molar-refractivity contribution in [3.63, 3.8) is 0 Å². The van der Waals surface area contributed by atoms with E-state index in [-0.39, 0.29) is 5.54 Å². The molecule has 0 aliphatic carbocycles. The Balaban J connectivity index is 2.10. The molecule has 1 aliphatic rings. The summed E-state index contributed by atoms with van der Waals surface area (Å²) in [6.45, 7) is 4.83. The Morgan fingerprint density at radius 1 is 1.39 bits per heavy atom. The summed E-state index contributed by atoms with van der Waals surface area (Å²) in [5.41, 5.74) is 0.954. The normalized spacial score (nSPS) is 19.2. The van der Waals surface area contributed by atoms with E-state index < -0.39 is 0 Å². The van der Waals surface area contributed by atoms with Gasteiger partial charge in [0.1, 0.15) is 12.4 Å². The van der Waals surface area contributed by atoms with Crippen LogP contribution in [0.5, 0.6) is 5.75 Å². The third-order valence-corrected chi connectivity index (χ3v) is 3.04. The van der Waals surface area contributed by atoms with Gasteiger partial charge >= 0.3 is 0 Å². The number of hydrogen-bond acceptors (Lipinski definition) is 4. The predicted octanol–water partition coefficient (Wildman–Crippen LogP) is 2.65. The summed E-state index contributed by atoms with van der Waals surface area (Å²) in [5, 5.41) is 3.28. The minimum Gasteiger partial charge on any atom is -0.497 e.